The minimum absolute atomic E-state index is 0.0716. The first-order valence-corrected chi connectivity index (χ1v) is 7.13. The van der Waals surface area contributed by atoms with E-state index in [1.165, 1.54) is 6.07 Å². The number of nitrogens with zero attached hydrogens (tertiary/aromatic N) is 1. The van der Waals surface area contributed by atoms with Crippen molar-refractivity contribution in [3.05, 3.63) is 35.4 Å². The van der Waals surface area contributed by atoms with E-state index in [0.717, 1.165) is 29.8 Å². The molecule has 1 amide bonds. The molecule has 21 heavy (non-hydrogen) atoms. The van der Waals surface area contributed by atoms with E-state index in [1.54, 1.807) is 12.1 Å². The van der Waals surface area contributed by atoms with Crippen molar-refractivity contribution in [2.45, 2.75) is 44.8 Å². The predicted octanol–water partition coefficient (Wildman–Crippen LogP) is 3.37. The van der Waals surface area contributed by atoms with Gasteiger partial charge in [0.1, 0.15) is 6.04 Å². The molecule has 1 aromatic rings. The summed E-state index contributed by atoms with van der Waals surface area (Å²) in [4.78, 5) is 11.2. The van der Waals surface area contributed by atoms with E-state index in [4.69, 9.17) is 0 Å². The first-order valence-electron chi connectivity index (χ1n) is 7.13. The molecule has 0 saturated carbocycles. The number of hydrogen-bond donors (Lipinski definition) is 1. The Kier molecular flexibility index (Phi) is 4.88. The molecule has 0 bridgehead atoms. The molecule has 1 heterocycles. The Morgan fingerprint density at radius 1 is 1.38 bits per heavy atom. The summed E-state index contributed by atoms with van der Waals surface area (Å²) in [6, 6.07) is 4.77. The van der Waals surface area contributed by atoms with Gasteiger partial charge in [-0.2, -0.15) is 13.2 Å². The van der Waals surface area contributed by atoms with Gasteiger partial charge in [-0.15, -0.1) is 0 Å². The van der Waals surface area contributed by atoms with Gasteiger partial charge in [-0.3, -0.25) is 10.2 Å². The predicted molar refractivity (Wildman–Crippen MR) is 73.3 cm³/mol. The van der Waals surface area contributed by atoms with Gasteiger partial charge in [0, 0.05) is 13.0 Å². The van der Waals surface area contributed by atoms with Gasteiger partial charge in [0.15, 0.2) is 0 Å². The van der Waals surface area contributed by atoms with Crippen LogP contribution in [0.2, 0.25) is 0 Å². The van der Waals surface area contributed by atoms with Crippen LogP contribution in [0.5, 0.6) is 0 Å². The first-order chi connectivity index (χ1) is 9.91. The highest BCUT2D eigenvalue weighted by Crippen LogP contribution is 2.38. The lowest BCUT2D eigenvalue weighted by molar-refractivity contribution is -0.191. The van der Waals surface area contributed by atoms with E-state index in [-0.39, 0.29) is 24.4 Å². The topological polar surface area (TPSA) is 32.3 Å². The fraction of sp³-hybridized carbons (Fsp3) is 0.533. The van der Waals surface area contributed by atoms with Crippen LogP contribution < -0.4 is 5.43 Å². The summed E-state index contributed by atoms with van der Waals surface area (Å²) in [6.45, 7) is 2.12. The van der Waals surface area contributed by atoms with Crippen LogP contribution in [-0.4, -0.2) is 23.6 Å². The minimum Gasteiger partial charge on any atom is -0.288 e. The highest BCUT2D eigenvalue weighted by Gasteiger charge is 2.46. The standard InChI is InChI=1S/C15H19F3N2O/c1-2-3-5-11-6-4-7-12(10-11)14(15(16,17)18)20-9-8-13(21)19-20/h4,6-7,10,14H,2-3,5,8-9H2,1H3,(H,19,21)/t14-/m0/s1. The lowest BCUT2D eigenvalue weighted by Gasteiger charge is -2.29. The number of amides is 1. The van der Waals surface area contributed by atoms with E-state index >= 15 is 0 Å². The van der Waals surface area contributed by atoms with Gasteiger partial charge < -0.3 is 0 Å². The number of carbonyl (C=O) groups is 1. The summed E-state index contributed by atoms with van der Waals surface area (Å²) in [7, 11) is 0. The third kappa shape index (κ3) is 3.97. The molecule has 0 unspecified atom stereocenters. The van der Waals surface area contributed by atoms with E-state index in [1.807, 2.05) is 13.0 Å². The third-order valence-corrected chi connectivity index (χ3v) is 3.56. The first kappa shape index (κ1) is 15.8. The molecule has 2 rings (SSSR count). The molecule has 1 aliphatic rings. The van der Waals surface area contributed by atoms with E-state index in [9.17, 15) is 18.0 Å². The van der Waals surface area contributed by atoms with Crippen LogP contribution in [0.4, 0.5) is 13.2 Å². The number of rotatable bonds is 5. The number of hydrogen-bond acceptors (Lipinski definition) is 2. The number of halogens is 3. The molecule has 1 saturated heterocycles. The lowest BCUT2D eigenvalue weighted by Crippen LogP contribution is -2.43. The summed E-state index contributed by atoms with van der Waals surface area (Å²) in [5.41, 5.74) is 3.37. The summed E-state index contributed by atoms with van der Waals surface area (Å²) in [6.07, 6.45) is -1.62. The van der Waals surface area contributed by atoms with Crippen molar-refractivity contribution in [3.63, 3.8) is 0 Å². The fourth-order valence-electron chi connectivity index (χ4n) is 2.53. The van der Waals surface area contributed by atoms with Crippen molar-refractivity contribution < 1.29 is 18.0 Å². The number of alkyl halides is 3. The molecule has 1 atom stereocenters. The maximum atomic E-state index is 13.4. The van der Waals surface area contributed by atoms with Gasteiger partial charge in [-0.1, -0.05) is 37.6 Å². The Morgan fingerprint density at radius 2 is 2.14 bits per heavy atom. The van der Waals surface area contributed by atoms with Gasteiger partial charge in [-0.05, 0) is 24.0 Å². The molecule has 0 aliphatic carbocycles. The molecule has 116 valence electrons. The number of nitrogens with one attached hydrogen (secondary N) is 1. The zero-order valence-electron chi connectivity index (χ0n) is 11.9. The van der Waals surface area contributed by atoms with Crippen LogP contribution in [0.3, 0.4) is 0 Å². The number of benzene rings is 1. The van der Waals surface area contributed by atoms with Crippen molar-refractivity contribution in [1.82, 2.24) is 10.4 Å². The van der Waals surface area contributed by atoms with Gasteiger partial charge in [0.25, 0.3) is 0 Å². The molecule has 6 heteroatoms. The average Bonchev–Trinajstić information content (AvgIpc) is 2.81. The van der Waals surface area contributed by atoms with E-state index in [2.05, 4.69) is 5.43 Å². The zero-order chi connectivity index (χ0) is 15.5. The summed E-state index contributed by atoms with van der Waals surface area (Å²) in [5.74, 6) is -0.369. The van der Waals surface area contributed by atoms with Crippen molar-refractivity contribution in [2.24, 2.45) is 0 Å². The Labute approximate surface area is 122 Å². The van der Waals surface area contributed by atoms with Crippen molar-refractivity contribution in [3.8, 4) is 0 Å². The average molecular weight is 300 g/mol. The van der Waals surface area contributed by atoms with Crippen LogP contribution in [0.15, 0.2) is 24.3 Å². The number of unbranched alkanes of at least 4 members (excludes halogenated alkanes) is 1. The lowest BCUT2D eigenvalue weighted by atomic mass is 10.0. The van der Waals surface area contributed by atoms with Gasteiger partial charge >= 0.3 is 6.18 Å². The molecule has 0 spiro atoms. The normalized spacial score (nSPS) is 17.8. The SMILES string of the molecule is CCCCc1cccc([C@H](N2CCC(=O)N2)C(F)(F)F)c1. The van der Waals surface area contributed by atoms with Crippen LogP contribution in [-0.2, 0) is 11.2 Å². The van der Waals surface area contributed by atoms with Crippen LogP contribution in [0.1, 0.15) is 43.4 Å². The van der Waals surface area contributed by atoms with Crippen LogP contribution >= 0.6 is 0 Å². The quantitative estimate of drug-likeness (QED) is 0.904. The number of carbonyl (C=O) groups excluding carboxylic acids is 1. The van der Waals surface area contributed by atoms with Crippen molar-refractivity contribution in [1.29, 1.82) is 0 Å². The summed E-state index contributed by atoms with van der Waals surface area (Å²) in [5, 5.41) is 0.987. The van der Waals surface area contributed by atoms with Crippen LogP contribution in [0.25, 0.3) is 0 Å². The Hall–Kier alpha value is -1.56. The monoisotopic (exact) mass is 300 g/mol. The smallest absolute Gasteiger partial charge is 0.288 e. The second kappa shape index (κ2) is 6.47. The molecule has 0 radical (unpaired) electrons. The molecule has 1 aliphatic heterocycles. The molecule has 1 aromatic carbocycles. The fourth-order valence-corrected chi connectivity index (χ4v) is 2.53. The molecular weight excluding hydrogens is 281 g/mol. The van der Waals surface area contributed by atoms with E-state index in [0.29, 0.717) is 0 Å². The number of hydrazine groups is 1. The highest BCUT2D eigenvalue weighted by atomic mass is 19.4. The molecule has 1 fully saturated rings. The van der Waals surface area contributed by atoms with Crippen molar-refractivity contribution >= 4 is 5.91 Å². The second-order valence-electron chi connectivity index (χ2n) is 5.27. The molecule has 1 N–H and O–H groups in total. The largest absolute Gasteiger partial charge is 0.409 e. The third-order valence-electron chi connectivity index (χ3n) is 3.56. The van der Waals surface area contributed by atoms with Crippen molar-refractivity contribution in [2.75, 3.05) is 6.54 Å². The van der Waals surface area contributed by atoms with Gasteiger partial charge in [0.05, 0.1) is 0 Å². The number of aryl methyl sites for hydroxylation is 1. The molecule has 3 nitrogen and oxygen atoms in total. The Balaban J connectivity index is 2.26. The van der Waals surface area contributed by atoms with Crippen LogP contribution in [0, 0.1) is 0 Å². The Morgan fingerprint density at radius 3 is 2.71 bits per heavy atom. The summed E-state index contributed by atoms with van der Waals surface area (Å²) < 4.78 is 40.1. The maximum Gasteiger partial charge on any atom is 0.409 e. The molecule has 0 aromatic heterocycles. The second-order valence-corrected chi connectivity index (χ2v) is 5.27. The zero-order valence-corrected chi connectivity index (χ0v) is 11.9. The van der Waals surface area contributed by atoms with Gasteiger partial charge in [-0.25, -0.2) is 5.01 Å². The maximum absolute atomic E-state index is 13.4. The highest BCUT2D eigenvalue weighted by molar-refractivity contribution is 5.77. The van der Waals surface area contributed by atoms with Gasteiger partial charge in [0.2, 0.25) is 5.91 Å². The Bertz CT molecular complexity index is 502. The van der Waals surface area contributed by atoms with E-state index < -0.39 is 12.2 Å². The molecular formula is C15H19F3N2O. The minimum atomic E-state index is -4.43. The summed E-state index contributed by atoms with van der Waals surface area (Å²) >= 11 is 0.